The van der Waals surface area contributed by atoms with Crippen molar-refractivity contribution in [2.75, 3.05) is 32.6 Å². The largest absolute Gasteiger partial charge is 0.497 e. The van der Waals surface area contributed by atoms with Gasteiger partial charge >= 0.3 is 12.0 Å². The number of carbonyl (C=O) groups is 2. The number of rotatable bonds is 5. The number of urea groups is 1. The molecular formula is C21H24N2O5. The zero-order chi connectivity index (χ0) is 20.1. The van der Waals surface area contributed by atoms with Crippen LogP contribution >= 0.6 is 0 Å². The predicted octanol–water partition coefficient (Wildman–Crippen LogP) is 3.81. The third-order valence-corrected chi connectivity index (χ3v) is 4.99. The van der Waals surface area contributed by atoms with Crippen LogP contribution < -0.4 is 14.8 Å². The molecule has 1 heterocycles. The Labute approximate surface area is 163 Å². The van der Waals surface area contributed by atoms with E-state index in [0.29, 0.717) is 30.3 Å². The number of amides is 2. The molecule has 7 nitrogen and oxygen atoms in total. The number of methoxy groups -OCH3 is 2. The van der Waals surface area contributed by atoms with Crippen molar-refractivity contribution in [2.24, 2.45) is 0 Å². The molecule has 28 heavy (non-hydrogen) atoms. The average molecular weight is 384 g/mol. The molecule has 148 valence electrons. The maximum Gasteiger partial charge on any atom is 0.335 e. The Morgan fingerprint density at radius 2 is 1.86 bits per heavy atom. The van der Waals surface area contributed by atoms with Gasteiger partial charge in [-0.3, -0.25) is 0 Å². The van der Waals surface area contributed by atoms with Gasteiger partial charge in [-0.1, -0.05) is 12.1 Å². The van der Waals surface area contributed by atoms with Gasteiger partial charge in [-0.15, -0.1) is 0 Å². The standard InChI is InChI=1S/C21H24N2O5/c1-27-17-9-10-18(19(12-17)28-2)22-21(26)23-11-3-4-16(13-23)14-5-7-15(8-6-14)20(24)25/h5-10,12,16H,3-4,11,13H2,1-2H3,(H,22,26)(H,24,25)/t16-/m1/s1. The van der Waals surface area contributed by atoms with Crippen molar-refractivity contribution in [1.82, 2.24) is 4.90 Å². The van der Waals surface area contributed by atoms with E-state index < -0.39 is 5.97 Å². The Kier molecular flexibility index (Phi) is 6.03. The van der Waals surface area contributed by atoms with E-state index in [1.54, 1.807) is 49.5 Å². The second-order valence-electron chi connectivity index (χ2n) is 6.71. The number of hydrogen-bond acceptors (Lipinski definition) is 4. The molecule has 1 saturated heterocycles. The van der Waals surface area contributed by atoms with Crippen LogP contribution in [-0.2, 0) is 0 Å². The summed E-state index contributed by atoms with van der Waals surface area (Å²) in [6, 6.07) is 11.9. The smallest absolute Gasteiger partial charge is 0.335 e. The van der Waals surface area contributed by atoms with E-state index >= 15 is 0 Å². The molecule has 7 heteroatoms. The van der Waals surface area contributed by atoms with Gasteiger partial charge in [0.05, 0.1) is 25.5 Å². The molecular weight excluding hydrogens is 360 g/mol. The second kappa shape index (κ2) is 8.65. The van der Waals surface area contributed by atoms with Gasteiger partial charge in [0, 0.05) is 25.1 Å². The lowest BCUT2D eigenvalue weighted by Gasteiger charge is -2.33. The second-order valence-corrected chi connectivity index (χ2v) is 6.71. The van der Waals surface area contributed by atoms with Crippen LogP contribution in [0, 0.1) is 0 Å². The van der Waals surface area contributed by atoms with Crippen molar-refractivity contribution in [3.05, 3.63) is 53.6 Å². The van der Waals surface area contributed by atoms with E-state index in [9.17, 15) is 9.59 Å². The van der Waals surface area contributed by atoms with Crippen LogP contribution in [0.3, 0.4) is 0 Å². The average Bonchev–Trinajstić information content (AvgIpc) is 2.74. The third-order valence-electron chi connectivity index (χ3n) is 4.99. The van der Waals surface area contributed by atoms with Crippen molar-refractivity contribution in [3.8, 4) is 11.5 Å². The van der Waals surface area contributed by atoms with E-state index in [1.807, 2.05) is 12.1 Å². The number of aromatic carboxylic acids is 1. The molecule has 0 bridgehead atoms. The van der Waals surface area contributed by atoms with E-state index in [2.05, 4.69) is 5.32 Å². The van der Waals surface area contributed by atoms with Gasteiger partial charge in [0.25, 0.3) is 0 Å². The summed E-state index contributed by atoms with van der Waals surface area (Å²) in [6.07, 6.45) is 1.85. The molecule has 1 fully saturated rings. The normalized spacial score (nSPS) is 16.4. The lowest BCUT2D eigenvalue weighted by Crippen LogP contribution is -2.41. The minimum absolute atomic E-state index is 0.181. The fourth-order valence-electron chi connectivity index (χ4n) is 3.43. The molecule has 0 spiro atoms. The van der Waals surface area contributed by atoms with E-state index in [0.717, 1.165) is 18.4 Å². The van der Waals surface area contributed by atoms with E-state index in [4.69, 9.17) is 14.6 Å². The zero-order valence-corrected chi connectivity index (χ0v) is 16.0. The summed E-state index contributed by atoms with van der Waals surface area (Å²) in [4.78, 5) is 25.6. The fourth-order valence-corrected chi connectivity index (χ4v) is 3.43. The van der Waals surface area contributed by atoms with Crippen molar-refractivity contribution in [1.29, 1.82) is 0 Å². The number of ether oxygens (including phenoxy) is 2. The molecule has 0 aliphatic carbocycles. The molecule has 1 aliphatic heterocycles. The number of carbonyl (C=O) groups excluding carboxylic acids is 1. The first-order chi connectivity index (χ1) is 13.5. The van der Waals surface area contributed by atoms with Gasteiger partial charge in [0.15, 0.2) is 0 Å². The number of nitrogens with one attached hydrogen (secondary N) is 1. The molecule has 2 N–H and O–H groups in total. The van der Waals surface area contributed by atoms with Gasteiger partial charge in [-0.05, 0) is 42.7 Å². The summed E-state index contributed by atoms with van der Waals surface area (Å²) in [5.74, 6) is 0.424. The van der Waals surface area contributed by atoms with Crippen LogP contribution in [0.15, 0.2) is 42.5 Å². The van der Waals surface area contributed by atoms with Crippen LogP contribution in [0.1, 0.15) is 34.7 Å². The number of carboxylic acid groups (broad SMARTS) is 1. The minimum Gasteiger partial charge on any atom is -0.497 e. The molecule has 0 saturated carbocycles. The van der Waals surface area contributed by atoms with Crippen LogP contribution in [0.4, 0.5) is 10.5 Å². The SMILES string of the molecule is COc1ccc(NC(=O)N2CCC[C@@H](c3ccc(C(=O)O)cc3)C2)c(OC)c1. The Balaban J connectivity index is 1.68. The molecule has 0 radical (unpaired) electrons. The number of anilines is 1. The maximum atomic E-state index is 12.8. The van der Waals surface area contributed by atoms with E-state index in [-0.39, 0.29) is 17.5 Å². The zero-order valence-electron chi connectivity index (χ0n) is 16.0. The van der Waals surface area contributed by atoms with Crippen molar-refractivity contribution in [2.45, 2.75) is 18.8 Å². The lowest BCUT2D eigenvalue weighted by atomic mass is 9.90. The highest BCUT2D eigenvalue weighted by Gasteiger charge is 2.25. The summed E-state index contributed by atoms with van der Waals surface area (Å²) in [5, 5.41) is 11.9. The lowest BCUT2D eigenvalue weighted by molar-refractivity contribution is 0.0697. The molecule has 2 aromatic carbocycles. The summed E-state index contributed by atoms with van der Waals surface area (Å²) in [5.41, 5.74) is 1.89. The van der Waals surface area contributed by atoms with Crippen molar-refractivity contribution >= 4 is 17.7 Å². The molecule has 3 rings (SSSR count). The summed E-state index contributed by atoms with van der Waals surface area (Å²) in [7, 11) is 3.12. The molecule has 0 aromatic heterocycles. The number of benzene rings is 2. The number of carboxylic acids is 1. The van der Waals surface area contributed by atoms with Gasteiger partial charge in [-0.25, -0.2) is 9.59 Å². The molecule has 1 aliphatic rings. The van der Waals surface area contributed by atoms with Crippen molar-refractivity contribution in [3.63, 3.8) is 0 Å². The fraction of sp³-hybridized carbons (Fsp3) is 0.333. The summed E-state index contributed by atoms with van der Waals surface area (Å²) >= 11 is 0. The minimum atomic E-state index is -0.940. The Hall–Kier alpha value is -3.22. The highest BCUT2D eigenvalue weighted by molar-refractivity contribution is 5.91. The Bertz CT molecular complexity index is 850. The first-order valence-corrected chi connectivity index (χ1v) is 9.13. The monoisotopic (exact) mass is 384 g/mol. The quantitative estimate of drug-likeness (QED) is 0.818. The molecule has 2 aromatic rings. The molecule has 1 atom stereocenters. The van der Waals surface area contributed by atoms with Gasteiger partial charge in [0.1, 0.15) is 11.5 Å². The topological polar surface area (TPSA) is 88.1 Å². The highest BCUT2D eigenvalue weighted by atomic mass is 16.5. The summed E-state index contributed by atoms with van der Waals surface area (Å²) in [6.45, 7) is 1.25. The highest BCUT2D eigenvalue weighted by Crippen LogP contribution is 2.31. The van der Waals surface area contributed by atoms with Crippen LogP contribution in [0.5, 0.6) is 11.5 Å². The van der Waals surface area contributed by atoms with Gasteiger partial charge in [0.2, 0.25) is 0 Å². The number of nitrogens with zero attached hydrogens (tertiary/aromatic N) is 1. The number of hydrogen-bond donors (Lipinski definition) is 2. The summed E-state index contributed by atoms with van der Waals surface area (Å²) < 4.78 is 10.5. The third kappa shape index (κ3) is 4.36. The van der Waals surface area contributed by atoms with Crippen LogP contribution in [0.25, 0.3) is 0 Å². The molecule has 2 amide bonds. The first-order valence-electron chi connectivity index (χ1n) is 9.13. The predicted molar refractivity (Wildman–Crippen MR) is 106 cm³/mol. The van der Waals surface area contributed by atoms with Crippen LogP contribution in [0.2, 0.25) is 0 Å². The first kappa shape index (κ1) is 19.5. The van der Waals surface area contributed by atoms with E-state index in [1.165, 1.54) is 0 Å². The Morgan fingerprint density at radius 3 is 2.50 bits per heavy atom. The van der Waals surface area contributed by atoms with Gasteiger partial charge in [-0.2, -0.15) is 0 Å². The number of likely N-dealkylation sites (tertiary alicyclic amines) is 1. The maximum absolute atomic E-state index is 12.8. The van der Waals surface area contributed by atoms with Crippen LogP contribution in [-0.4, -0.2) is 49.3 Å². The Morgan fingerprint density at radius 1 is 1.11 bits per heavy atom. The van der Waals surface area contributed by atoms with Crippen molar-refractivity contribution < 1.29 is 24.2 Å². The molecule has 0 unspecified atom stereocenters. The number of piperidine rings is 1. The van der Waals surface area contributed by atoms with Gasteiger partial charge < -0.3 is 24.8 Å².